The van der Waals surface area contributed by atoms with E-state index in [1.165, 1.54) is 5.69 Å². The van der Waals surface area contributed by atoms with Gasteiger partial charge in [0.1, 0.15) is 0 Å². The number of anilines is 1. The molecule has 4 nitrogen and oxygen atoms in total. The molecule has 2 rings (SSSR count). The van der Waals surface area contributed by atoms with Crippen molar-refractivity contribution in [3.05, 3.63) is 29.8 Å². The van der Waals surface area contributed by atoms with Gasteiger partial charge in [0, 0.05) is 37.4 Å². The quantitative estimate of drug-likeness (QED) is 0.800. The second-order valence-corrected chi connectivity index (χ2v) is 4.94. The highest BCUT2D eigenvalue weighted by Crippen LogP contribution is 2.16. The number of likely N-dealkylation sites (N-methyl/N-ethyl adjacent to an activating group) is 1. The number of hydrogen-bond acceptors (Lipinski definition) is 4. The molecular weight excluding hydrogens is 226 g/mol. The topological polar surface area (TPSA) is 35.6 Å². The van der Waals surface area contributed by atoms with Crippen molar-refractivity contribution in [2.45, 2.75) is 0 Å². The predicted octanol–water partition coefficient (Wildman–Crippen LogP) is 0.841. The van der Waals surface area contributed by atoms with Crippen molar-refractivity contribution in [2.75, 3.05) is 51.7 Å². The van der Waals surface area contributed by atoms with E-state index in [0.29, 0.717) is 6.54 Å². The third-order valence-electron chi connectivity index (χ3n) is 3.13. The predicted molar refractivity (Wildman–Crippen MR) is 74.4 cm³/mol. The number of carbonyl (C=O) groups excluding carboxylic acids is 1. The summed E-state index contributed by atoms with van der Waals surface area (Å²) in [6.07, 6.45) is 0. The molecule has 98 valence electrons. The fourth-order valence-electron chi connectivity index (χ4n) is 2.16. The number of carbonyl (C=O) groups is 1. The molecule has 0 amide bonds. The van der Waals surface area contributed by atoms with Gasteiger partial charge < -0.3 is 15.1 Å². The van der Waals surface area contributed by atoms with Crippen LogP contribution in [0, 0.1) is 0 Å². The first-order chi connectivity index (χ1) is 8.66. The van der Waals surface area contributed by atoms with E-state index in [0.717, 1.165) is 31.7 Å². The fraction of sp³-hybridized carbons (Fsp3) is 0.500. The number of benzene rings is 1. The van der Waals surface area contributed by atoms with Gasteiger partial charge in [-0.3, -0.25) is 4.79 Å². The molecule has 1 aromatic rings. The van der Waals surface area contributed by atoms with E-state index in [4.69, 9.17) is 0 Å². The lowest BCUT2D eigenvalue weighted by Crippen LogP contribution is -2.43. The highest BCUT2D eigenvalue weighted by molar-refractivity contribution is 5.97. The van der Waals surface area contributed by atoms with Crippen LogP contribution in [-0.2, 0) is 0 Å². The van der Waals surface area contributed by atoms with E-state index < -0.39 is 0 Å². The van der Waals surface area contributed by atoms with Gasteiger partial charge in [0.25, 0.3) is 0 Å². The number of nitrogens with zero attached hydrogens (tertiary/aromatic N) is 2. The molecule has 0 spiro atoms. The SMILES string of the molecule is CN(C)CC(=O)c1ccc(N2CCNCC2)cc1. The Balaban J connectivity index is 2.02. The Hall–Kier alpha value is -1.39. The van der Waals surface area contributed by atoms with Crippen LogP contribution in [0.5, 0.6) is 0 Å². The Kier molecular flexibility index (Phi) is 4.33. The summed E-state index contributed by atoms with van der Waals surface area (Å²) in [5.41, 5.74) is 2.00. The molecule has 0 bridgehead atoms. The summed E-state index contributed by atoms with van der Waals surface area (Å²) >= 11 is 0. The largest absolute Gasteiger partial charge is 0.369 e. The minimum Gasteiger partial charge on any atom is -0.369 e. The maximum atomic E-state index is 11.9. The molecule has 1 fully saturated rings. The van der Waals surface area contributed by atoms with Gasteiger partial charge in [0.2, 0.25) is 0 Å². The minimum atomic E-state index is 0.173. The Labute approximate surface area is 109 Å². The van der Waals surface area contributed by atoms with E-state index in [9.17, 15) is 4.79 Å². The number of rotatable bonds is 4. The molecule has 0 aliphatic carbocycles. The highest BCUT2D eigenvalue weighted by Gasteiger charge is 2.11. The number of Topliss-reactive ketones (excluding diaryl/α,β-unsaturated/α-hetero) is 1. The monoisotopic (exact) mass is 247 g/mol. The Morgan fingerprint density at radius 2 is 1.83 bits per heavy atom. The van der Waals surface area contributed by atoms with Crippen molar-refractivity contribution in [3.63, 3.8) is 0 Å². The highest BCUT2D eigenvalue weighted by atomic mass is 16.1. The average Bonchev–Trinajstić information content (AvgIpc) is 2.39. The van der Waals surface area contributed by atoms with Crippen LogP contribution in [0.3, 0.4) is 0 Å². The second-order valence-electron chi connectivity index (χ2n) is 4.94. The minimum absolute atomic E-state index is 0.173. The molecule has 0 saturated carbocycles. The molecule has 1 heterocycles. The molecule has 0 unspecified atom stereocenters. The molecule has 0 atom stereocenters. The van der Waals surface area contributed by atoms with Crippen molar-refractivity contribution >= 4 is 11.5 Å². The van der Waals surface area contributed by atoms with Crippen LogP contribution < -0.4 is 10.2 Å². The average molecular weight is 247 g/mol. The van der Waals surface area contributed by atoms with Gasteiger partial charge in [-0.1, -0.05) is 0 Å². The van der Waals surface area contributed by atoms with Crippen LogP contribution in [-0.4, -0.2) is 57.5 Å². The van der Waals surface area contributed by atoms with Crippen molar-refractivity contribution in [1.82, 2.24) is 10.2 Å². The van der Waals surface area contributed by atoms with Crippen LogP contribution in [0.15, 0.2) is 24.3 Å². The van der Waals surface area contributed by atoms with Crippen molar-refractivity contribution in [2.24, 2.45) is 0 Å². The molecule has 1 aliphatic rings. The third kappa shape index (κ3) is 3.31. The van der Waals surface area contributed by atoms with Gasteiger partial charge in [-0.25, -0.2) is 0 Å². The number of ketones is 1. The summed E-state index contributed by atoms with van der Waals surface area (Å²) in [7, 11) is 3.82. The van der Waals surface area contributed by atoms with E-state index in [2.05, 4.69) is 10.2 Å². The van der Waals surface area contributed by atoms with Crippen molar-refractivity contribution in [3.8, 4) is 0 Å². The Morgan fingerprint density at radius 3 is 2.39 bits per heavy atom. The number of piperazine rings is 1. The van der Waals surface area contributed by atoms with E-state index >= 15 is 0 Å². The van der Waals surface area contributed by atoms with E-state index in [1.54, 1.807) is 0 Å². The maximum absolute atomic E-state index is 11.9. The van der Waals surface area contributed by atoms with Crippen molar-refractivity contribution in [1.29, 1.82) is 0 Å². The number of hydrogen-bond donors (Lipinski definition) is 1. The Bertz CT molecular complexity index is 394. The fourth-order valence-corrected chi connectivity index (χ4v) is 2.16. The summed E-state index contributed by atoms with van der Waals surface area (Å²) in [5.74, 6) is 0.173. The summed E-state index contributed by atoms with van der Waals surface area (Å²) < 4.78 is 0. The molecule has 1 N–H and O–H groups in total. The van der Waals surface area contributed by atoms with Crippen molar-refractivity contribution < 1.29 is 4.79 Å². The summed E-state index contributed by atoms with van der Waals surface area (Å²) in [6.45, 7) is 4.59. The van der Waals surface area contributed by atoms with Gasteiger partial charge in [-0.05, 0) is 38.4 Å². The molecule has 4 heteroatoms. The van der Waals surface area contributed by atoms with E-state index in [-0.39, 0.29) is 5.78 Å². The van der Waals surface area contributed by atoms with Gasteiger partial charge in [-0.15, -0.1) is 0 Å². The zero-order chi connectivity index (χ0) is 13.0. The summed E-state index contributed by atoms with van der Waals surface area (Å²) in [4.78, 5) is 16.1. The first-order valence-corrected chi connectivity index (χ1v) is 6.40. The van der Waals surface area contributed by atoms with Gasteiger partial charge in [0.05, 0.1) is 6.54 Å². The molecule has 1 saturated heterocycles. The molecule has 0 aromatic heterocycles. The first-order valence-electron chi connectivity index (χ1n) is 6.40. The molecule has 0 radical (unpaired) electrons. The van der Waals surface area contributed by atoms with Crippen LogP contribution >= 0.6 is 0 Å². The van der Waals surface area contributed by atoms with E-state index in [1.807, 2.05) is 43.3 Å². The van der Waals surface area contributed by atoms with Gasteiger partial charge in [0.15, 0.2) is 5.78 Å². The molecule has 18 heavy (non-hydrogen) atoms. The Morgan fingerprint density at radius 1 is 1.22 bits per heavy atom. The van der Waals surface area contributed by atoms with Gasteiger partial charge >= 0.3 is 0 Å². The third-order valence-corrected chi connectivity index (χ3v) is 3.13. The lowest BCUT2D eigenvalue weighted by molar-refractivity contribution is 0.0958. The maximum Gasteiger partial charge on any atom is 0.176 e. The lowest BCUT2D eigenvalue weighted by atomic mass is 10.1. The molecule has 1 aliphatic heterocycles. The lowest BCUT2D eigenvalue weighted by Gasteiger charge is -2.29. The van der Waals surface area contributed by atoms with Crippen LogP contribution in [0.2, 0.25) is 0 Å². The zero-order valence-corrected chi connectivity index (χ0v) is 11.1. The normalized spacial score (nSPS) is 16.1. The number of nitrogens with one attached hydrogen (secondary N) is 1. The molecule has 1 aromatic carbocycles. The molecular formula is C14H21N3O. The van der Waals surface area contributed by atoms with Crippen LogP contribution in [0.4, 0.5) is 5.69 Å². The zero-order valence-electron chi connectivity index (χ0n) is 11.1. The smallest absolute Gasteiger partial charge is 0.176 e. The standard InChI is InChI=1S/C14H21N3O/c1-16(2)11-14(18)12-3-5-13(6-4-12)17-9-7-15-8-10-17/h3-6,15H,7-11H2,1-2H3. The van der Waals surface area contributed by atoms with Gasteiger partial charge in [-0.2, -0.15) is 0 Å². The summed E-state index contributed by atoms with van der Waals surface area (Å²) in [6, 6.07) is 7.97. The second kappa shape index (κ2) is 5.98. The summed E-state index contributed by atoms with van der Waals surface area (Å²) in [5, 5.41) is 3.33. The van der Waals surface area contributed by atoms with Crippen LogP contribution in [0.1, 0.15) is 10.4 Å². The van der Waals surface area contributed by atoms with Crippen LogP contribution in [0.25, 0.3) is 0 Å². The first kappa shape index (κ1) is 13.1.